The average Bonchev–Trinajstić information content (AvgIpc) is 2.75. The molecule has 2 unspecified atom stereocenters. The van der Waals surface area contributed by atoms with Gasteiger partial charge >= 0.3 is 0 Å². The number of anilines is 1. The van der Waals surface area contributed by atoms with E-state index >= 15 is 0 Å². The molecule has 1 heterocycles. The first-order valence-corrected chi connectivity index (χ1v) is 12.0. The summed E-state index contributed by atoms with van der Waals surface area (Å²) in [4.78, 5) is 13.8. The van der Waals surface area contributed by atoms with Crippen molar-refractivity contribution in [3.05, 3.63) is 71.8 Å². The van der Waals surface area contributed by atoms with Gasteiger partial charge in [0.2, 0.25) is 10.0 Å². The summed E-state index contributed by atoms with van der Waals surface area (Å²) in [5.41, 5.74) is 0.956. The first-order chi connectivity index (χ1) is 15.6. The summed E-state index contributed by atoms with van der Waals surface area (Å²) in [5.74, 6) is -2.01. The van der Waals surface area contributed by atoms with Crippen molar-refractivity contribution in [3.8, 4) is 0 Å². The van der Waals surface area contributed by atoms with Crippen LogP contribution in [0.15, 0.2) is 53.9 Å². The highest BCUT2D eigenvalue weighted by Crippen LogP contribution is 2.24. The molecule has 0 spiro atoms. The van der Waals surface area contributed by atoms with Crippen LogP contribution >= 0.6 is 0 Å². The van der Waals surface area contributed by atoms with E-state index in [-0.39, 0.29) is 30.9 Å². The molecule has 0 aromatic heterocycles. The minimum atomic E-state index is -4.14. The Kier molecular flexibility index (Phi) is 7.83. The fourth-order valence-electron chi connectivity index (χ4n) is 3.67. The Labute approximate surface area is 192 Å². The van der Waals surface area contributed by atoms with Crippen LogP contribution in [0, 0.1) is 11.6 Å². The van der Waals surface area contributed by atoms with Crippen molar-refractivity contribution in [2.45, 2.75) is 37.5 Å². The van der Waals surface area contributed by atoms with E-state index in [0.717, 1.165) is 12.1 Å². The van der Waals surface area contributed by atoms with E-state index in [1.807, 2.05) is 18.7 Å². The summed E-state index contributed by atoms with van der Waals surface area (Å²) in [6, 6.07) is 7.77. The second-order valence-electron chi connectivity index (χ2n) is 7.92. The minimum Gasteiger partial charge on any atom is -0.372 e. The highest BCUT2D eigenvalue weighted by Gasteiger charge is 2.24. The van der Waals surface area contributed by atoms with E-state index in [9.17, 15) is 22.0 Å². The number of nitrogens with one attached hydrogen (secondary N) is 2. The van der Waals surface area contributed by atoms with Gasteiger partial charge < -0.3 is 15.0 Å². The van der Waals surface area contributed by atoms with Crippen LogP contribution in [0.5, 0.6) is 0 Å². The van der Waals surface area contributed by atoms with Crippen molar-refractivity contribution in [3.63, 3.8) is 0 Å². The number of nitrogens with zero attached hydrogens (tertiary/aromatic N) is 1. The van der Waals surface area contributed by atoms with E-state index in [1.54, 1.807) is 12.1 Å². The van der Waals surface area contributed by atoms with Crippen LogP contribution in [0.1, 0.15) is 29.8 Å². The molecular weight excluding hydrogens is 452 g/mol. The van der Waals surface area contributed by atoms with Crippen LogP contribution in [0.3, 0.4) is 0 Å². The number of hydrogen-bond donors (Lipinski definition) is 2. The molecule has 10 heteroatoms. The number of ether oxygens (including phenoxy) is 1. The van der Waals surface area contributed by atoms with Gasteiger partial charge in [-0.3, -0.25) is 4.79 Å². The Morgan fingerprint density at radius 1 is 1.15 bits per heavy atom. The summed E-state index contributed by atoms with van der Waals surface area (Å²) in [5, 5.41) is 2.60. The number of carbonyl (C=O) groups excluding carboxylic acids is 1. The lowest BCUT2D eigenvalue weighted by molar-refractivity contribution is -0.00539. The average molecular weight is 480 g/mol. The molecule has 2 aromatic rings. The molecule has 0 aliphatic carbocycles. The number of amides is 1. The van der Waals surface area contributed by atoms with E-state index in [1.165, 1.54) is 18.2 Å². The molecule has 2 N–H and O–H groups in total. The topological polar surface area (TPSA) is 87.7 Å². The van der Waals surface area contributed by atoms with E-state index in [2.05, 4.69) is 16.6 Å². The molecule has 0 saturated carbocycles. The van der Waals surface area contributed by atoms with E-state index in [4.69, 9.17) is 4.74 Å². The number of hydrogen-bond acceptors (Lipinski definition) is 5. The summed E-state index contributed by atoms with van der Waals surface area (Å²) in [6.45, 7) is 8.37. The number of halogens is 2. The van der Waals surface area contributed by atoms with E-state index < -0.39 is 32.5 Å². The molecule has 2 aromatic carbocycles. The van der Waals surface area contributed by atoms with Crippen LogP contribution in [0.4, 0.5) is 14.5 Å². The molecule has 1 amide bonds. The van der Waals surface area contributed by atoms with Gasteiger partial charge in [-0.05, 0) is 49.7 Å². The van der Waals surface area contributed by atoms with Gasteiger partial charge in [0.25, 0.3) is 5.91 Å². The normalized spacial score (nSPS) is 18.7. The predicted molar refractivity (Wildman–Crippen MR) is 122 cm³/mol. The summed E-state index contributed by atoms with van der Waals surface area (Å²) in [6.07, 6.45) is 1.29. The van der Waals surface area contributed by atoms with Crippen LogP contribution in [0.25, 0.3) is 0 Å². The molecule has 0 bridgehead atoms. The van der Waals surface area contributed by atoms with Crippen molar-refractivity contribution in [1.29, 1.82) is 0 Å². The number of rotatable bonds is 8. The Morgan fingerprint density at radius 2 is 1.85 bits per heavy atom. The fraction of sp³-hybridized carbons (Fsp3) is 0.348. The lowest BCUT2D eigenvalue weighted by atomic mass is 10.1. The van der Waals surface area contributed by atoms with Crippen LogP contribution in [-0.2, 0) is 21.3 Å². The van der Waals surface area contributed by atoms with Crippen LogP contribution in [-0.4, -0.2) is 46.2 Å². The highest BCUT2D eigenvalue weighted by atomic mass is 32.2. The fourth-order valence-corrected chi connectivity index (χ4v) is 4.77. The maximum absolute atomic E-state index is 14.7. The maximum Gasteiger partial charge on any atom is 0.251 e. The molecule has 33 heavy (non-hydrogen) atoms. The molecule has 0 radical (unpaired) electrons. The molecule has 1 aliphatic rings. The standard InChI is InChI=1S/C23H27F2N3O4S/c1-4-9-27-33(30,31)22-11-18(6-7-19(22)24)23(29)26-12-17-5-8-21(20(25)10-17)28-13-15(2)32-16(3)14-28/h4-8,10-11,15-16,27H,1,9,12-14H2,2-3H3,(H,26,29). The Bertz CT molecular complexity index is 1130. The number of benzene rings is 2. The molecule has 178 valence electrons. The van der Waals surface area contributed by atoms with Crippen molar-refractivity contribution in [2.24, 2.45) is 0 Å². The third-order valence-electron chi connectivity index (χ3n) is 5.13. The zero-order valence-corrected chi connectivity index (χ0v) is 19.3. The smallest absolute Gasteiger partial charge is 0.251 e. The van der Waals surface area contributed by atoms with Crippen LogP contribution < -0.4 is 14.9 Å². The van der Waals surface area contributed by atoms with Gasteiger partial charge in [-0.1, -0.05) is 12.1 Å². The van der Waals surface area contributed by atoms with Gasteiger partial charge in [-0.2, -0.15) is 0 Å². The number of carbonyl (C=O) groups is 1. The minimum absolute atomic E-state index is 0.0106. The van der Waals surface area contributed by atoms with Crippen molar-refractivity contribution in [2.75, 3.05) is 24.5 Å². The largest absolute Gasteiger partial charge is 0.372 e. The van der Waals surface area contributed by atoms with Gasteiger partial charge in [-0.25, -0.2) is 21.9 Å². The molecular formula is C23H27F2N3O4S. The molecule has 1 aliphatic heterocycles. The zero-order chi connectivity index (χ0) is 24.2. The summed E-state index contributed by atoms with van der Waals surface area (Å²) in [7, 11) is -4.14. The van der Waals surface area contributed by atoms with Crippen molar-refractivity contribution >= 4 is 21.6 Å². The van der Waals surface area contributed by atoms with Gasteiger partial charge in [0.05, 0.1) is 17.9 Å². The zero-order valence-electron chi connectivity index (χ0n) is 18.5. The second kappa shape index (κ2) is 10.4. The molecule has 1 fully saturated rings. The van der Waals surface area contributed by atoms with Gasteiger partial charge in [0.1, 0.15) is 16.5 Å². The Morgan fingerprint density at radius 3 is 2.48 bits per heavy atom. The van der Waals surface area contributed by atoms with Gasteiger partial charge in [0.15, 0.2) is 0 Å². The van der Waals surface area contributed by atoms with Crippen LogP contribution in [0.2, 0.25) is 0 Å². The first kappa shape index (κ1) is 24.8. The highest BCUT2D eigenvalue weighted by molar-refractivity contribution is 7.89. The Hall–Kier alpha value is -2.82. The SMILES string of the molecule is C=CCNS(=O)(=O)c1cc(C(=O)NCc2ccc(N3CC(C)OC(C)C3)c(F)c2)ccc1F. The second-order valence-corrected chi connectivity index (χ2v) is 9.65. The predicted octanol–water partition coefficient (Wildman–Crippen LogP) is 2.97. The Balaban J connectivity index is 1.69. The third-order valence-corrected chi connectivity index (χ3v) is 6.56. The van der Waals surface area contributed by atoms with E-state index in [0.29, 0.717) is 24.3 Å². The first-order valence-electron chi connectivity index (χ1n) is 10.5. The lowest BCUT2D eigenvalue weighted by Crippen LogP contribution is -2.45. The third kappa shape index (κ3) is 6.16. The lowest BCUT2D eigenvalue weighted by Gasteiger charge is -2.37. The van der Waals surface area contributed by atoms with Gasteiger partial charge in [-0.15, -0.1) is 6.58 Å². The number of morpholine rings is 1. The number of sulfonamides is 1. The monoisotopic (exact) mass is 479 g/mol. The molecule has 1 saturated heterocycles. The quantitative estimate of drug-likeness (QED) is 0.569. The summed E-state index contributed by atoms with van der Waals surface area (Å²) < 4.78 is 61.1. The van der Waals surface area contributed by atoms with Gasteiger partial charge in [0, 0.05) is 31.7 Å². The van der Waals surface area contributed by atoms with Crippen molar-refractivity contribution in [1.82, 2.24) is 10.0 Å². The maximum atomic E-state index is 14.7. The molecule has 2 atom stereocenters. The van der Waals surface area contributed by atoms with Crippen molar-refractivity contribution < 1.29 is 26.7 Å². The molecule has 3 rings (SSSR count). The molecule has 7 nitrogen and oxygen atoms in total. The summed E-state index contributed by atoms with van der Waals surface area (Å²) >= 11 is 0.